The van der Waals surface area contributed by atoms with Gasteiger partial charge in [-0.15, -0.1) is 10.2 Å². The summed E-state index contributed by atoms with van der Waals surface area (Å²) in [7, 11) is 0. The number of anilines is 1. The molecule has 4 aromatic rings. The van der Waals surface area contributed by atoms with Crippen LogP contribution in [0.3, 0.4) is 0 Å². The Morgan fingerprint density at radius 2 is 2.03 bits per heavy atom. The molecule has 0 fully saturated rings. The van der Waals surface area contributed by atoms with E-state index >= 15 is 0 Å². The molecular formula is C22H20N6O. The van der Waals surface area contributed by atoms with Crippen molar-refractivity contribution >= 4 is 11.5 Å². The summed E-state index contributed by atoms with van der Waals surface area (Å²) in [6.45, 7) is 3.02. The van der Waals surface area contributed by atoms with Gasteiger partial charge < -0.3 is 9.73 Å². The molecule has 7 heteroatoms. The minimum atomic E-state index is 0.494. The van der Waals surface area contributed by atoms with Gasteiger partial charge in [-0.1, -0.05) is 30.3 Å². The predicted molar refractivity (Wildman–Crippen MR) is 108 cm³/mol. The van der Waals surface area contributed by atoms with E-state index in [2.05, 4.69) is 50.7 Å². The highest BCUT2D eigenvalue weighted by Crippen LogP contribution is 2.31. The second-order valence-corrected chi connectivity index (χ2v) is 7.20. The SMILES string of the molecule is N#Cc1c2c(c3nncn3c1NCc1ccco1)CN(Cc1ccccc1)CC2. The Labute approximate surface area is 168 Å². The smallest absolute Gasteiger partial charge is 0.167 e. The van der Waals surface area contributed by atoms with E-state index < -0.39 is 0 Å². The van der Waals surface area contributed by atoms with Crippen molar-refractivity contribution in [3.8, 4) is 6.07 Å². The van der Waals surface area contributed by atoms with Crippen LogP contribution in [0, 0.1) is 11.3 Å². The van der Waals surface area contributed by atoms with Crippen LogP contribution < -0.4 is 5.32 Å². The van der Waals surface area contributed by atoms with Crippen molar-refractivity contribution < 1.29 is 4.42 Å². The number of nitrogens with one attached hydrogen (secondary N) is 1. The summed E-state index contributed by atoms with van der Waals surface area (Å²) in [6, 6.07) is 16.6. The summed E-state index contributed by atoms with van der Waals surface area (Å²) in [5, 5.41) is 21.8. The first-order chi connectivity index (χ1) is 14.3. The Kier molecular flexibility index (Phi) is 4.47. The highest BCUT2D eigenvalue weighted by atomic mass is 16.3. The molecule has 0 spiro atoms. The zero-order valence-electron chi connectivity index (χ0n) is 15.9. The summed E-state index contributed by atoms with van der Waals surface area (Å²) >= 11 is 0. The van der Waals surface area contributed by atoms with E-state index in [1.165, 1.54) is 5.56 Å². The maximum atomic E-state index is 9.95. The number of benzene rings is 1. The molecule has 0 atom stereocenters. The van der Waals surface area contributed by atoms with Crippen LogP contribution in [0.15, 0.2) is 59.5 Å². The fourth-order valence-electron chi connectivity index (χ4n) is 4.02. The van der Waals surface area contributed by atoms with Crippen molar-refractivity contribution in [3.63, 3.8) is 0 Å². The molecule has 0 amide bonds. The lowest BCUT2D eigenvalue weighted by Gasteiger charge is -2.30. The molecule has 1 aromatic carbocycles. The van der Waals surface area contributed by atoms with E-state index in [0.29, 0.717) is 12.1 Å². The third-order valence-corrected chi connectivity index (χ3v) is 5.39. The number of aromatic nitrogens is 3. The highest BCUT2D eigenvalue weighted by Gasteiger charge is 2.26. The minimum Gasteiger partial charge on any atom is -0.467 e. The quantitative estimate of drug-likeness (QED) is 0.568. The molecule has 0 saturated carbocycles. The predicted octanol–water partition coefficient (Wildman–Crippen LogP) is 3.36. The van der Waals surface area contributed by atoms with Gasteiger partial charge in [-0.2, -0.15) is 5.26 Å². The van der Waals surface area contributed by atoms with Gasteiger partial charge in [0.05, 0.1) is 18.4 Å². The number of pyridine rings is 1. The van der Waals surface area contributed by atoms with Gasteiger partial charge in [0.2, 0.25) is 0 Å². The van der Waals surface area contributed by atoms with Crippen molar-refractivity contribution in [1.29, 1.82) is 5.26 Å². The number of nitriles is 1. The van der Waals surface area contributed by atoms with Gasteiger partial charge in [0.25, 0.3) is 0 Å². The van der Waals surface area contributed by atoms with E-state index in [-0.39, 0.29) is 0 Å². The van der Waals surface area contributed by atoms with Gasteiger partial charge in [0.15, 0.2) is 5.65 Å². The van der Waals surface area contributed by atoms with Crippen LogP contribution >= 0.6 is 0 Å². The van der Waals surface area contributed by atoms with Crippen LogP contribution in [0.1, 0.15) is 28.0 Å². The van der Waals surface area contributed by atoms with Crippen LogP contribution in [0.4, 0.5) is 5.82 Å². The fourth-order valence-corrected chi connectivity index (χ4v) is 4.02. The standard InChI is InChI=1S/C22H20N6O/c23-11-19-18-8-9-27(13-16-5-2-1-3-6-16)14-20(18)22-26-25-15-28(22)21(19)24-12-17-7-4-10-29-17/h1-7,10,15,24H,8-9,12-14H2. The van der Waals surface area contributed by atoms with Gasteiger partial charge in [0.1, 0.15) is 24.0 Å². The van der Waals surface area contributed by atoms with E-state index in [9.17, 15) is 5.26 Å². The maximum absolute atomic E-state index is 9.95. The molecule has 0 unspecified atom stereocenters. The summed E-state index contributed by atoms with van der Waals surface area (Å²) in [5.41, 5.74) is 4.91. The highest BCUT2D eigenvalue weighted by molar-refractivity contribution is 5.68. The molecule has 0 aliphatic carbocycles. The van der Waals surface area contributed by atoms with Crippen LogP contribution in [-0.4, -0.2) is 26.0 Å². The number of rotatable bonds is 5. The number of nitrogens with zero attached hydrogens (tertiary/aromatic N) is 5. The summed E-state index contributed by atoms with van der Waals surface area (Å²) < 4.78 is 7.29. The Hall–Kier alpha value is -3.63. The lowest BCUT2D eigenvalue weighted by Crippen LogP contribution is -2.31. The first-order valence-electron chi connectivity index (χ1n) is 9.63. The minimum absolute atomic E-state index is 0.494. The molecule has 5 rings (SSSR count). The third-order valence-electron chi connectivity index (χ3n) is 5.39. The number of fused-ring (bicyclic) bond motifs is 3. The number of hydrogen-bond donors (Lipinski definition) is 1. The van der Waals surface area contributed by atoms with Gasteiger partial charge in [-0.05, 0) is 29.7 Å². The van der Waals surface area contributed by atoms with Crippen LogP contribution in [0.25, 0.3) is 5.65 Å². The lowest BCUT2D eigenvalue weighted by atomic mass is 9.95. The average Bonchev–Trinajstić information content (AvgIpc) is 3.45. The Balaban J connectivity index is 1.50. The summed E-state index contributed by atoms with van der Waals surface area (Å²) in [6.07, 6.45) is 4.12. The molecule has 29 heavy (non-hydrogen) atoms. The van der Waals surface area contributed by atoms with Gasteiger partial charge in [-0.3, -0.25) is 9.30 Å². The molecule has 0 saturated heterocycles. The molecule has 1 aliphatic rings. The van der Waals surface area contributed by atoms with E-state index in [4.69, 9.17) is 4.42 Å². The molecule has 0 radical (unpaired) electrons. The fraction of sp³-hybridized carbons (Fsp3) is 0.227. The Morgan fingerprint density at radius 3 is 2.83 bits per heavy atom. The van der Waals surface area contributed by atoms with Crippen LogP contribution in [-0.2, 0) is 26.1 Å². The van der Waals surface area contributed by atoms with Gasteiger partial charge in [-0.25, -0.2) is 0 Å². The number of hydrogen-bond acceptors (Lipinski definition) is 6. The first-order valence-corrected chi connectivity index (χ1v) is 9.63. The molecule has 1 aliphatic heterocycles. The van der Waals surface area contributed by atoms with Crippen molar-refractivity contribution in [2.24, 2.45) is 0 Å². The zero-order chi connectivity index (χ0) is 19.6. The van der Waals surface area contributed by atoms with Gasteiger partial charge in [0, 0.05) is 25.2 Å². The Morgan fingerprint density at radius 1 is 1.14 bits per heavy atom. The number of furan rings is 1. The van der Waals surface area contributed by atoms with Crippen molar-refractivity contribution in [2.75, 3.05) is 11.9 Å². The van der Waals surface area contributed by atoms with Crippen molar-refractivity contribution in [1.82, 2.24) is 19.5 Å². The molecule has 0 bridgehead atoms. The zero-order valence-corrected chi connectivity index (χ0v) is 15.9. The maximum Gasteiger partial charge on any atom is 0.167 e. The molecule has 4 heterocycles. The van der Waals surface area contributed by atoms with Gasteiger partial charge >= 0.3 is 0 Å². The largest absolute Gasteiger partial charge is 0.467 e. The summed E-state index contributed by atoms with van der Waals surface area (Å²) in [5.74, 6) is 1.53. The lowest BCUT2D eigenvalue weighted by molar-refractivity contribution is 0.246. The van der Waals surface area contributed by atoms with Crippen molar-refractivity contribution in [3.05, 3.63) is 83.1 Å². The summed E-state index contributed by atoms with van der Waals surface area (Å²) in [4.78, 5) is 2.39. The van der Waals surface area contributed by atoms with E-state index in [1.54, 1.807) is 12.6 Å². The van der Waals surface area contributed by atoms with Crippen molar-refractivity contribution in [2.45, 2.75) is 26.1 Å². The Bertz CT molecular complexity index is 1170. The topological polar surface area (TPSA) is 82.4 Å². The molecular weight excluding hydrogens is 364 g/mol. The van der Waals surface area contributed by atoms with E-state index in [0.717, 1.165) is 54.4 Å². The molecule has 3 aromatic heterocycles. The normalized spacial score (nSPS) is 13.9. The third kappa shape index (κ3) is 3.24. The monoisotopic (exact) mass is 384 g/mol. The molecule has 144 valence electrons. The average molecular weight is 384 g/mol. The van der Waals surface area contributed by atoms with Crippen LogP contribution in [0.2, 0.25) is 0 Å². The second-order valence-electron chi connectivity index (χ2n) is 7.20. The van der Waals surface area contributed by atoms with Crippen LogP contribution in [0.5, 0.6) is 0 Å². The second kappa shape index (κ2) is 7.41. The first kappa shape index (κ1) is 17.5. The molecule has 1 N–H and O–H groups in total. The van der Waals surface area contributed by atoms with E-state index in [1.807, 2.05) is 22.6 Å². The molecule has 7 nitrogen and oxygen atoms in total.